The summed E-state index contributed by atoms with van der Waals surface area (Å²) in [6.45, 7) is 6.93. The standard InChI is InChI=1S/C67H49N5/c1-42-25-35-61-56(37-42)55-34-28-47(41-63(55)72(61)51-31-26-43(27-32-51)46-30-36-62-57(39-46)54-22-11-13-24-60(54)71(62)50-19-8-5-9-20-50)45-17-14-18-48(38-45)65-68-64(44-15-6-4-7-16-44)69-66(70-65)49-29-33-53-52-21-10-12-23-58(52)67(2,3)59(53)40-49/h4-24,26-42H,25H2,1-3H3. The van der Waals surface area contributed by atoms with Crippen molar-refractivity contribution in [1.82, 2.24) is 24.1 Å². The molecule has 0 amide bonds. The highest BCUT2D eigenvalue weighted by molar-refractivity contribution is 6.10. The van der Waals surface area contributed by atoms with Crippen LogP contribution in [0.4, 0.5) is 0 Å². The van der Waals surface area contributed by atoms with E-state index in [4.69, 9.17) is 15.0 Å². The van der Waals surface area contributed by atoms with Crippen molar-refractivity contribution in [3.8, 4) is 78.9 Å². The zero-order chi connectivity index (χ0) is 48.1. The van der Waals surface area contributed by atoms with E-state index < -0.39 is 0 Å². The Morgan fingerprint density at radius 2 is 0.986 bits per heavy atom. The van der Waals surface area contributed by atoms with Crippen molar-refractivity contribution in [2.75, 3.05) is 0 Å². The highest BCUT2D eigenvalue weighted by atomic mass is 15.0. The molecule has 3 aromatic heterocycles. The summed E-state index contributed by atoms with van der Waals surface area (Å²) in [6.07, 6.45) is 5.88. The number of hydrogen-bond donors (Lipinski definition) is 0. The molecule has 1 atom stereocenters. The summed E-state index contributed by atoms with van der Waals surface area (Å²) in [5.74, 6) is 2.41. The van der Waals surface area contributed by atoms with Crippen molar-refractivity contribution in [2.45, 2.75) is 32.6 Å². The lowest BCUT2D eigenvalue weighted by molar-refractivity contribution is 0.660. The third-order valence-electron chi connectivity index (χ3n) is 15.3. The maximum atomic E-state index is 5.25. The molecule has 5 nitrogen and oxygen atoms in total. The maximum absolute atomic E-state index is 5.25. The van der Waals surface area contributed by atoms with Gasteiger partial charge in [0.05, 0.1) is 16.6 Å². The first-order valence-corrected chi connectivity index (χ1v) is 25.1. The van der Waals surface area contributed by atoms with Crippen LogP contribution in [0.2, 0.25) is 0 Å². The molecule has 0 N–H and O–H groups in total. The molecule has 5 heteroatoms. The SMILES string of the molecule is CC1C=c2c(n(-c3ccc(-c4ccc5c(c4)c4ccccc4n5-c4ccccc4)cc3)c3cc(-c4cccc(-c5nc(-c6ccccc6)nc(-c6ccc7c(c6)C(C)(C)c6ccccc6-7)n5)c4)ccc23)=CC1. The molecule has 0 radical (unpaired) electrons. The molecule has 0 aliphatic heterocycles. The molecule has 342 valence electrons. The van der Waals surface area contributed by atoms with Crippen molar-refractivity contribution in [1.29, 1.82) is 0 Å². The van der Waals surface area contributed by atoms with Crippen molar-refractivity contribution < 1.29 is 0 Å². The van der Waals surface area contributed by atoms with Gasteiger partial charge >= 0.3 is 0 Å². The first kappa shape index (κ1) is 42.0. The van der Waals surface area contributed by atoms with Gasteiger partial charge in [-0.05, 0) is 118 Å². The quantitative estimate of drug-likeness (QED) is 0.160. The molecule has 9 aromatic carbocycles. The Hall–Kier alpha value is -8.93. The summed E-state index contributed by atoms with van der Waals surface area (Å²) >= 11 is 0. The number of fused-ring (bicyclic) bond motifs is 9. The molecule has 0 bridgehead atoms. The van der Waals surface area contributed by atoms with E-state index in [9.17, 15) is 0 Å². The van der Waals surface area contributed by atoms with Gasteiger partial charge in [0, 0.05) is 60.2 Å². The van der Waals surface area contributed by atoms with Crippen LogP contribution in [-0.2, 0) is 5.41 Å². The first-order valence-electron chi connectivity index (χ1n) is 25.1. The van der Waals surface area contributed by atoms with E-state index >= 15 is 0 Å². The first-order chi connectivity index (χ1) is 35.3. The summed E-state index contributed by atoms with van der Waals surface area (Å²) in [4.78, 5) is 15.5. The molecule has 0 saturated carbocycles. The van der Waals surface area contributed by atoms with E-state index in [2.05, 4.69) is 236 Å². The average Bonchev–Trinajstić information content (AvgIpc) is 4.02. The van der Waals surface area contributed by atoms with Gasteiger partial charge in [0.15, 0.2) is 17.5 Å². The summed E-state index contributed by atoms with van der Waals surface area (Å²) < 4.78 is 4.83. The number of nitrogens with zero attached hydrogens (tertiary/aromatic N) is 5. The number of hydrogen-bond acceptors (Lipinski definition) is 3. The summed E-state index contributed by atoms with van der Waals surface area (Å²) in [6, 6.07) is 76.7. The van der Waals surface area contributed by atoms with E-state index in [0.29, 0.717) is 23.4 Å². The predicted molar refractivity (Wildman–Crippen MR) is 298 cm³/mol. The Morgan fingerprint density at radius 3 is 1.81 bits per heavy atom. The Kier molecular flexibility index (Phi) is 9.52. The van der Waals surface area contributed by atoms with Crippen LogP contribution in [0.5, 0.6) is 0 Å². The fourth-order valence-electron chi connectivity index (χ4n) is 11.7. The smallest absolute Gasteiger partial charge is 0.164 e. The number of benzene rings is 9. The molecule has 2 aliphatic rings. The topological polar surface area (TPSA) is 48.5 Å². The molecule has 2 aliphatic carbocycles. The number of rotatable bonds is 7. The molecule has 0 spiro atoms. The van der Waals surface area contributed by atoms with Crippen molar-refractivity contribution >= 4 is 44.9 Å². The van der Waals surface area contributed by atoms with Crippen LogP contribution in [0.15, 0.2) is 212 Å². The minimum atomic E-state index is -0.144. The lowest BCUT2D eigenvalue weighted by Gasteiger charge is -2.21. The van der Waals surface area contributed by atoms with Gasteiger partial charge in [-0.2, -0.15) is 0 Å². The number of para-hydroxylation sites is 2. The van der Waals surface area contributed by atoms with Crippen LogP contribution >= 0.6 is 0 Å². The summed E-state index contributed by atoms with van der Waals surface area (Å²) in [5, 5.41) is 6.32. The largest absolute Gasteiger partial charge is 0.310 e. The van der Waals surface area contributed by atoms with Gasteiger partial charge < -0.3 is 9.13 Å². The lowest BCUT2D eigenvalue weighted by atomic mass is 9.82. The molecular weight excluding hydrogens is 875 g/mol. The van der Waals surface area contributed by atoms with Crippen LogP contribution in [0.3, 0.4) is 0 Å². The summed E-state index contributed by atoms with van der Waals surface area (Å²) in [5.41, 5.74) is 18.4. The second-order valence-electron chi connectivity index (χ2n) is 20.1. The predicted octanol–water partition coefficient (Wildman–Crippen LogP) is 15.2. The van der Waals surface area contributed by atoms with Crippen LogP contribution in [0.1, 0.15) is 38.3 Å². The van der Waals surface area contributed by atoms with Crippen molar-refractivity contribution in [3.63, 3.8) is 0 Å². The fraction of sp³-hybridized carbons (Fsp3) is 0.0896. The van der Waals surface area contributed by atoms with E-state index in [1.807, 2.05) is 18.2 Å². The monoisotopic (exact) mass is 923 g/mol. The lowest BCUT2D eigenvalue weighted by Crippen LogP contribution is -2.31. The van der Waals surface area contributed by atoms with E-state index in [1.165, 1.54) is 82.3 Å². The van der Waals surface area contributed by atoms with Gasteiger partial charge in [-0.3, -0.25) is 0 Å². The van der Waals surface area contributed by atoms with E-state index in [1.54, 1.807) is 0 Å². The molecule has 0 saturated heterocycles. The Morgan fingerprint density at radius 1 is 0.403 bits per heavy atom. The molecular formula is C67H49N5. The molecule has 72 heavy (non-hydrogen) atoms. The van der Waals surface area contributed by atoms with Gasteiger partial charge in [-0.25, -0.2) is 15.0 Å². The Bertz CT molecular complexity index is 4270. The van der Waals surface area contributed by atoms with Gasteiger partial charge in [0.2, 0.25) is 0 Å². The zero-order valence-electron chi connectivity index (χ0n) is 40.4. The van der Waals surface area contributed by atoms with Gasteiger partial charge in [-0.15, -0.1) is 0 Å². The van der Waals surface area contributed by atoms with Crippen molar-refractivity contribution in [3.05, 3.63) is 234 Å². The van der Waals surface area contributed by atoms with Crippen LogP contribution in [-0.4, -0.2) is 24.1 Å². The van der Waals surface area contributed by atoms with E-state index in [0.717, 1.165) is 39.9 Å². The van der Waals surface area contributed by atoms with Gasteiger partial charge in [0.25, 0.3) is 0 Å². The minimum absolute atomic E-state index is 0.144. The normalized spacial score (nSPS) is 14.5. The zero-order valence-corrected chi connectivity index (χ0v) is 40.4. The minimum Gasteiger partial charge on any atom is -0.310 e. The highest BCUT2D eigenvalue weighted by Crippen LogP contribution is 2.49. The van der Waals surface area contributed by atoms with E-state index in [-0.39, 0.29) is 5.41 Å². The fourth-order valence-corrected chi connectivity index (χ4v) is 11.7. The molecule has 14 rings (SSSR count). The Balaban J connectivity index is 0.851. The molecule has 3 heterocycles. The van der Waals surface area contributed by atoms with Crippen molar-refractivity contribution in [2.24, 2.45) is 5.92 Å². The third kappa shape index (κ3) is 6.72. The van der Waals surface area contributed by atoms with Gasteiger partial charge in [-0.1, -0.05) is 185 Å². The molecule has 1 unspecified atom stereocenters. The highest BCUT2D eigenvalue weighted by Gasteiger charge is 2.35. The van der Waals surface area contributed by atoms with Crippen LogP contribution in [0, 0.1) is 5.92 Å². The van der Waals surface area contributed by atoms with Crippen LogP contribution < -0.4 is 10.6 Å². The second-order valence-corrected chi connectivity index (χ2v) is 20.1. The maximum Gasteiger partial charge on any atom is 0.164 e. The summed E-state index contributed by atoms with van der Waals surface area (Å²) in [7, 11) is 0. The Labute approximate surface area is 418 Å². The van der Waals surface area contributed by atoms with Gasteiger partial charge in [0.1, 0.15) is 0 Å². The average molecular weight is 924 g/mol. The van der Waals surface area contributed by atoms with Crippen LogP contribution in [0.25, 0.3) is 124 Å². The molecule has 12 aromatic rings. The number of aromatic nitrogens is 5. The molecule has 0 fully saturated rings. The third-order valence-corrected chi connectivity index (χ3v) is 15.3. The second kappa shape index (κ2) is 16.3.